The van der Waals surface area contributed by atoms with E-state index in [1.54, 1.807) is 38.1 Å². The Morgan fingerprint density at radius 1 is 1.33 bits per heavy atom. The summed E-state index contributed by atoms with van der Waals surface area (Å²) in [6.45, 7) is 3.08. The summed E-state index contributed by atoms with van der Waals surface area (Å²) in [7, 11) is -3.38. The summed E-state index contributed by atoms with van der Waals surface area (Å²) in [6, 6.07) is 6.69. The van der Waals surface area contributed by atoms with Crippen molar-refractivity contribution >= 4 is 39.5 Å². The van der Waals surface area contributed by atoms with Gasteiger partial charge in [0, 0.05) is 0 Å². The Bertz CT molecular complexity index is 515. The molecular formula is C11H17ClN2O3S. The smallest absolute Gasteiger partial charge is 0.239 e. The van der Waals surface area contributed by atoms with Gasteiger partial charge in [0.25, 0.3) is 0 Å². The maximum atomic E-state index is 11.5. The number of nitrogens with one attached hydrogen (secondary N) is 1. The molecule has 1 aromatic carbocycles. The molecule has 0 aliphatic rings. The van der Waals surface area contributed by atoms with Crippen LogP contribution in [0.25, 0.3) is 0 Å². The van der Waals surface area contributed by atoms with Crippen molar-refractivity contribution in [3.63, 3.8) is 0 Å². The molecule has 5 nitrogen and oxygen atoms in total. The van der Waals surface area contributed by atoms with Crippen molar-refractivity contribution in [2.75, 3.05) is 16.8 Å². The molecule has 0 aliphatic carbocycles. The van der Waals surface area contributed by atoms with Crippen LogP contribution in [-0.2, 0) is 14.6 Å². The Morgan fingerprint density at radius 2 is 1.89 bits per heavy atom. The number of carbonyl (C=O) groups is 1. The highest BCUT2D eigenvalue weighted by molar-refractivity contribution is 7.92. The Kier molecular flexibility index (Phi) is 6.14. The average Bonchev–Trinajstić information content (AvgIpc) is 2.20. The van der Waals surface area contributed by atoms with Gasteiger partial charge in [0.05, 0.1) is 16.6 Å². The number of rotatable bonds is 4. The van der Waals surface area contributed by atoms with E-state index in [0.29, 0.717) is 11.4 Å². The first kappa shape index (κ1) is 16.7. The SMILES string of the molecule is CC(C)S(=O)(=O)CC(=O)Nc1ccccc1N.Cl. The summed E-state index contributed by atoms with van der Waals surface area (Å²) in [5.74, 6) is -1.10. The molecule has 0 atom stereocenters. The lowest BCUT2D eigenvalue weighted by atomic mass is 10.3. The molecule has 0 unspecified atom stereocenters. The van der Waals surface area contributed by atoms with Gasteiger partial charge in [0.15, 0.2) is 9.84 Å². The maximum absolute atomic E-state index is 11.5. The first-order valence-corrected chi connectivity index (χ1v) is 6.90. The summed E-state index contributed by atoms with van der Waals surface area (Å²) in [4.78, 5) is 11.5. The van der Waals surface area contributed by atoms with Gasteiger partial charge in [-0.25, -0.2) is 8.42 Å². The quantitative estimate of drug-likeness (QED) is 0.822. The van der Waals surface area contributed by atoms with Crippen LogP contribution in [0.5, 0.6) is 0 Å². The second kappa shape index (κ2) is 6.61. The topological polar surface area (TPSA) is 89.3 Å². The highest BCUT2D eigenvalue weighted by Gasteiger charge is 2.20. The molecule has 0 saturated carbocycles. The molecule has 0 saturated heterocycles. The van der Waals surface area contributed by atoms with E-state index in [-0.39, 0.29) is 12.4 Å². The third kappa shape index (κ3) is 4.54. The third-order valence-corrected chi connectivity index (χ3v) is 4.39. The van der Waals surface area contributed by atoms with Gasteiger partial charge in [-0.15, -0.1) is 12.4 Å². The van der Waals surface area contributed by atoms with Gasteiger partial charge >= 0.3 is 0 Å². The Hall–Kier alpha value is -1.27. The van der Waals surface area contributed by atoms with Gasteiger partial charge in [0.2, 0.25) is 5.91 Å². The zero-order valence-corrected chi connectivity index (χ0v) is 11.8. The molecule has 0 bridgehead atoms. The van der Waals surface area contributed by atoms with Gasteiger partial charge in [-0.1, -0.05) is 12.1 Å². The largest absolute Gasteiger partial charge is 0.397 e. The van der Waals surface area contributed by atoms with Gasteiger partial charge in [-0.05, 0) is 26.0 Å². The van der Waals surface area contributed by atoms with Crippen molar-refractivity contribution in [3.8, 4) is 0 Å². The first-order valence-electron chi connectivity index (χ1n) is 5.19. The zero-order valence-electron chi connectivity index (χ0n) is 10.2. The molecule has 0 aromatic heterocycles. The van der Waals surface area contributed by atoms with Crippen molar-refractivity contribution in [1.82, 2.24) is 0 Å². The highest BCUT2D eigenvalue weighted by atomic mass is 35.5. The lowest BCUT2D eigenvalue weighted by Crippen LogP contribution is -2.28. The normalized spacial score (nSPS) is 10.8. The minimum Gasteiger partial charge on any atom is -0.397 e. The van der Waals surface area contributed by atoms with Crippen LogP contribution >= 0.6 is 12.4 Å². The van der Waals surface area contributed by atoms with Gasteiger partial charge in [-0.2, -0.15) is 0 Å². The Balaban J connectivity index is 0.00000289. The summed E-state index contributed by atoms with van der Waals surface area (Å²) in [6.07, 6.45) is 0. The number of benzene rings is 1. The van der Waals surface area contributed by atoms with Crippen LogP contribution in [0.2, 0.25) is 0 Å². The Labute approximate surface area is 113 Å². The molecule has 1 aromatic rings. The van der Waals surface area contributed by atoms with Crippen molar-refractivity contribution in [1.29, 1.82) is 0 Å². The van der Waals surface area contributed by atoms with E-state index in [1.807, 2.05) is 0 Å². The number of nitrogens with two attached hydrogens (primary N) is 1. The van der Waals surface area contributed by atoms with Crippen molar-refractivity contribution < 1.29 is 13.2 Å². The summed E-state index contributed by atoms with van der Waals surface area (Å²) in [5, 5.41) is 1.91. The van der Waals surface area contributed by atoms with E-state index in [4.69, 9.17) is 5.73 Å². The first-order chi connectivity index (χ1) is 7.83. The summed E-state index contributed by atoms with van der Waals surface area (Å²) >= 11 is 0. The minimum absolute atomic E-state index is 0. The zero-order chi connectivity index (χ0) is 13.1. The van der Waals surface area contributed by atoms with Crippen LogP contribution in [0.3, 0.4) is 0 Å². The number of amides is 1. The number of hydrogen-bond donors (Lipinski definition) is 2. The number of sulfone groups is 1. The third-order valence-electron chi connectivity index (χ3n) is 2.29. The molecule has 1 rings (SSSR count). The van der Waals surface area contributed by atoms with Crippen LogP contribution in [0, 0.1) is 0 Å². The molecule has 18 heavy (non-hydrogen) atoms. The van der Waals surface area contributed by atoms with Crippen LogP contribution in [0.4, 0.5) is 11.4 Å². The highest BCUT2D eigenvalue weighted by Crippen LogP contribution is 2.16. The van der Waals surface area contributed by atoms with Gasteiger partial charge in [-0.3, -0.25) is 4.79 Å². The second-order valence-electron chi connectivity index (χ2n) is 3.99. The van der Waals surface area contributed by atoms with Crippen LogP contribution in [-0.4, -0.2) is 25.3 Å². The number of carbonyl (C=O) groups excluding carboxylic acids is 1. The number of hydrogen-bond acceptors (Lipinski definition) is 4. The van der Waals surface area contributed by atoms with Gasteiger partial charge < -0.3 is 11.1 Å². The fraction of sp³-hybridized carbons (Fsp3) is 0.364. The Morgan fingerprint density at radius 3 is 2.39 bits per heavy atom. The van der Waals surface area contributed by atoms with E-state index in [2.05, 4.69) is 5.32 Å². The van der Waals surface area contributed by atoms with E-state index in [9.17, 15) is 13.2 Å². The molecule has 1 amide bonds. The molecule has 0 spiro atoms. The fourth-order valence-electron chi connectivity index (χ4n) is 1.15. The maximum Gasteiger partial charge on any atom is 0.239 e. The van der Waals surface area contributed by atoms with Crippen LogP contribution < -0.4 is 11.1 Å². The standard InChI is InChI=1S/C11H16N2O3S.ClH/c1-8(2)17(15,16)7-11(14)13-10-6-4-3-5-9(10)12;/h3-6,8H,7,12H2,1-2H3,(H,13,14);1H. The molecule has 0 fully saturated rings. The molecule has 0 aliphatic heterocycles. The monoisotopic (exact) mass is 292 g/mol. The molecule has 3 N–H and O–H groups in total. The summed E-state index contributed by atoms with van der Waals surface area (Å²) in [5.41, 5.74) is 6.46. The van der Waals surface area contributed by atoms with E-state index in [1.165, 1.54) is 0 Å². The average molecular weight is 293 g/mol. The van der Waals surface area contributed by atoms with Crippen molar-refractivity contribution in [2.24, 2.45) is 0 Å². The van der Waals surface area contributed by atoms with Crippen LogP contribution in [0.1, 0.15) is 13.8 Å². The number of para-hydroxylation sites is 2. The molecule has 102 valence electrons. The van der Waals surface area contributed by atoms with Crippen molar-refractivity contribution in [3.05, 3.63) is 24.3 Å². The second-order valence-corrected chi connectivity index (χ2v) is 6.55. The predicted molar refractivity (Wildman–Crippen MR) is 75.7 cm³/mol. The van der Waals surface area contributed by atoms with Crippen LogP contribution in [0.15, 0.2) is 24.3 Å². The lowest BCUT2D eigenvalue weighted by Gasteiger charge is -2.09. The fourth-order valence-corrected chi connectivity index (χ4v) is 1.92. The van der Waals surface area contributed by atoms with Crippen molar-refractivity contribution in [2.45, 2.75) is 19.1 Å². The minimum atomic E-state index is -3.38. The molecule has 7 heteroatoms. The molecule has 0 heterocycles. The lowest BCUT2D eigenvalue weighted by molar-refractivity contribution is -0.113. The number of nitrogen functional groups attached to an aromatic ring is 1. The molecular weight excluding hydrogens is 276 g/mol. The summed E-state index contributed by atoms with van der Waals surface area (Å²) < 4.78 is 23.0. The van der Waals surface area contributed by atoms with E-state index in [0.717, 1.165) is 0 Å². The van der Waals surface area contributed by atoms with E-state index >= 15 is 0 Å². The number of halogens is 1. The van der Waals surface area contributed by atoms with E-state index < -0.39 is 26.7 Å². The number of anilines is 2. The van der Waals surface area contributed by atoms with Gasteiger partial charge in [0.1, 0.15) is 5.75 Å². The predicted octanol–water partition coefficient (Wildman–Crippen LogP) is 1.45. The molecule has 0 radical (unpaired) electrons.